The summed E-state index contributed by atoms with van der Waals surface area (Å²) in [6.45, 7) is 3.84. The maximum Gasteiger partial charge on any atom is 0.414 e. The second-order valence-electron chi connectivity index (χ2n) is 9.76. The van der Waals surface area contributed by atoms with Crippen molar-refractivity contribution < 1.29 is 29.0 Å². The lowest BCUT2D eigenvalue weighted by atomic mass is 9.78. The zero-order valence-electron chi connectivity index (χ0n) is 22.6. The minimum atomic E-state index is -0.885. The Hall–Kier alpha value is -4.63. The highest BCUT2D eigenvalue weighted by Gasteiger charge is 2.34. The van der Waals surface area contributed by atoms with Gasteiger partial charge in [-0.2, -0.15) is 0 Å². The van der Waals surface area contributed by atoms with Crippen molar-refractivity contribution in [3.8, 4) is 5.75 Å². The predicted octanol–water partition coefficient (Wildman–Crippen LogP) is 5.25. The van der Waals surface area contributed by atoms with Crippen molar-refractivity contribution in [2.75, 3.05) is 24.3 Å². The molecule has 1 atom stereocenters. The highest BCUT2D eigenvalue weighted by atomic mass is 16.6. The Bertz CT molecular complexity index is 1320. The average Bonchev–Trinajstić information content (AvgIpc) is 2.94. The van der Waals surface area contributed by atoms with Crippen molar-refractivity contribution in [1.82, 2.24) is 5.32 Å². The molecule has 0 heterocycles. The Morgan fingerprint density at radius 1 is 1.00 bits per heavy atom. The number of carbonyl (C=O) groups excluding carboxylic acids is 3. The molecule has 0 unspecified atom stereocenters. The van der Waals surface area contributed by atoms with Crippen LogP contribution in [0, 0.1) is 5.41 Å². The molecule has 0 bridgehead atoms. The molecule has 3 aromatic rings. The first-order valence-corrected chi connectivity index (χ1v) is 12.9. The smallest absolute Gasteiger partial charge is 0.414 e. The Balaban J connectivity index is 1.72. The van der Waals surface area contributed by atoms with E-state index in [0.29, 0.717) is 41.1 Å². The molecule has 0 aliphatic rings. The van der Waals surface area contributed by atoms with E-state index in [2.05, 4.69) is 10.6 Å². The molecular formula is C31H35N3O6. The number of nitrogens with two attached hydrogens (primary N) is 1. The zero-order chi connectivity index (χ0) is 29.0. The highest BCUT2D eigenvalue weighted by Crippen LogP contribution is 2.41. The minimum absolute atomic E-state index is 0.117. The number of aliphatic hydroxyl groups is 1. The summed E-state index contributed by atoms with van der Waals surface area (Å²) in [5.41, 5.74) is 7.25. The number of anilines is 2. The molecule has 40 heavy (non-hydrogen) atoms. The molecule has 9 nitrogen and oxygen atoms in total. The third-order valence-electron chi connectivity index (χ3n) is 6.15. The SMILES string of the molecule is CC(C)(CC/C=C/C(=O)Nc1ccccc1N)[C@H](OC(=O)NC(=O)c1ccccc1)c1cccc(OCCO)c1. The lowest BCUT2D eigenvalue weighted by Crippen LogP contribution is -2.35. The van der Waals surface area contributed by atoms with Crippen molar-refractivity contribution in [2.45, 2.75) is 32.8 Å². The maximum atomic E-state index is 12.8. The van der Waals surface area contributed by atoms with Gasteiger partial charge in [-0.1, -0.05) is 62.4 Å². The van der Waals surface area contributed by atoms with Crippen LogP contribution in [0.5, 0.6) is 5.75 Å². The van der Waals surface area contributed by atoms with Crippen LogP contribution >= 0.6 is 0 Å². The number of allylic oxidation sites excluding steroid dienone is 1. The van der Waals surface area contributed by atoms with Gasteiger partial charge in [0.2, 0.25) is 5.91 Å². The van der Waals surface area contributed by atoms with Crippen LogP contribution in [0.3, 0.4) is 0 Å². The van der Waals surface area contributed by atoms with Crippen LogP contribution in [0.2, 0.25) is 0 Å². The number of rotatable bonds is 12. The van der Waals surface area contributed by atoms with Crippen molar-refractivity contribution in [2.24, 2.45) is 5.41 Å². The first-order chi connectivity index (χ1) is 19.2. The molecule has 9 heteroatoms. The Morgan fingerprint density at radius 2 is 1.73 bits per heavy atom. The number of ether oxygens (including phenoxy) is 2. The molecule has 3 aromatic carbocycles. The number of nitrogens with one attached hydrogen (secondary N) is 2. The minimum Gasteiger partial charge on any atom is -0.491 e. The molecule has 3 rings (SSSR count). The van der Waals surface area contributed by atoms with E-state index in [1.807, 2.05) is 13.8 Å². The fourth-order valence-electron chi connectivity index (χ4n) is 4.06. The Labute approximate surface area is 234 Å². The van der Waals surface area contributed by atoms with Gasteiger partial charge in [0.15, 0.2) is 0 Å². The lowest BCUT2D eigenvalue weighted by molar-refractivity contribution is -0.111. The van der Waals surface area contributed by atoms with Crippen LogP contribution in [-0.2, 0) is 9.53 Å². The lowest BCUT2D eigenvalue weighted by Gasteiger charge is -2.34. The van der Waals surface area contributed by atoms with Crippen LogP contribution in [0.4, 0.5) is 16.2 Å². The number of aliphatic hydroxyl groups excluding tert-OH is 1. The number of carbonyl (C=O) groups is 3. The monoisotopic (exact) mass is 545 g/mol. The van der Waals surface area contributed by atoms with E-state index in [9.17, 15) is 14.4 Å². The van der Waals surface area contributed by atoms with Crippen molar-refractivity contribution >= 4 is 29.3 Å². The van der Waals surface area contributed by atoms with Gasteiger partial charge in [0.25, 0.3) is 5.91 Å². The van der Waals surface area contributed by atoms with Gasteiger partial charge in [-0.05, 0) is 60.9 Å². The summed E-state index contributed by atoms with van der Waals surface area (Å²) >= 11 is 0. The molecule has 0 aliphatic heterocycles. The van der Waals surface area contributed by atoms with Gasteiger partial charge in [0.1, 0.15) is 18.5 Å². The van der Waals surface area contributed by atoms with E-state index < -0.39 is 23.5 Å². The summed E-state index contributed by atoms with van der Waals surface area (Å²) in [4.78, 5) is 37.7. The van der Waals surface area contributed by atoms with Gasteiger partial charge >= 0.3 is 6.09 Å². The topological polar surface area (TPSA) is 140 Å². The number of nitrogen functional groups attached to an aromatic ring is 1. The summed E-state index contributed by atoms with van der Waals surface area (Å²) in [5, 5.41) is 14.1. The van der Waals surface area contributed by atoms with E-state index in [4.69, 9.17) is 20.3 Å². The fourth-order valence-corrected chi connectivity index (χ4v) is 4.06. The van der Waals surface area contributed by atoms with E-state index in [-0.39, 0.29) is 19.1 Å². The molecule has 0 aromatic heterocycles. The molecule has 0 saturated heterocycles. The quantitative estimate of drug-likeness (QED) is 0.180. The number of imide groups is 1. The Morgan fingerprint density at radius 3 is 2.45 bits per heavy atom. The second-order valence-corrected chi connectivity index (χ2v) is 9.76. The highest BCUT2D eigenvalue weighted by molar-refractivity contribution is 6.03. The molecule has 3 amide bonds. The van der Waals surface area contributed by atoms with Gasteiger partial charge in [0, 0.05) is 11.0 Å². The fraction of sp³-hybridized carbons (Fsp3) is 0.258. The summed E-state index contributed by atoms with van der Waals surface area (Å²) in [6.07, 6.45) is 2.58. The van der Waals surface area contributed by atoms with Crippen LogP contribution in [0.25, 0.3) is 0 Å². The maximum absolute atomic E-state index is 12.8. The van der Waals surface area contributed by atoms with Gasteiger partial charge in [-0.25, -0.2) is 4.79 Å². The molecule has 0 saturated carbocycles. The number of benzene rings is 3. The number of alkyl carbamates (subject to hydrolysis) is 1. The van der Waals surface area contributed by atoms with E-state index >= 15 is 0 Å². The standard InChI is InChI=1S/C31H35N3O6/c1-31(2,18-9-8-17-27(36)33-26-16-7-6-15-25(26)32)28(23-13-10-14-24(21-23)39-20-19-35)40-30(38)34-29(37)22-11-4-3-5-12-22/h3-8,10-17,21,28,35H,9,18-20,32H2,1-2H3,(H,33,36)(H,34,37,38)/b17-8+/t28-/m1/s1. The van der Waals surface area contributed by atoms with Crippen LogP contribution in [-0.4, -0.2) is 36.2 Å². The van der Waals surface area contributed by atoms with Crippen molar-refractivity contribution in [3.05, 3.63) is 102 Å². The number of hydrogen-bond acceptors (Lipinski definition) is 7. The second kappa shape index (κ2) is 14.5. The Kier molecular flexibility index (Phi) is 10.8. The molecule has 0 fully saturated rings. The molecule has 5 N–H and O–H groups in total. The number of para-hydroxylation sites is 2. The molecule has 0 aliphatic carbocycles. The van der Waals surface area contributed by atoms with Crippen molar-refractivity contribution in [1.29, 1.82) is 0 Å². The number of hydrogen-bond donors (Lipinski definition) is 4. The first-order valence-electron chi connectivity index (χ1n) is 12.9. The molecule has 0 spiro atoms. The van der Waals surface area contributed by atoms with Crippen LogP contribution < -0.4 is 21.1 Å². The van der Waals surface area contributed by atoms with Gasteiger partial charge in [-0.15, -0.1) is 0 Å². The van der Waals surface area contributed by atoms with E-state index in [0.717, 1.165) is 0 Å². The first kappa shape index (κ1) is 29.9. The summed E-state index contributed by atoms with van der Waals surface area (Å²) in [5.74, 6) is -0.375. The molecule has 210 valence electrons. The van der Waals surface area contributed by atoms with Gasteiger partial charge in [0.05, 0.1) is 18.0 Å². The predicted molar refractivity (Wildman–Crippen MR) is 154 cm³/mol. The zero-order valence-corrected chi connectivity index (χ0v) is 22.6. The average molecular weight is 546 g/mol. The molecule has 0 radical (unpaired) electrons. The van der Waals surface area contributed by atoms with Crippen molar-refractivity contribution in [3.63, 3.8) is 0 Å². The van der Waals surface area contributed by atoms with Crippen LogP contribution in [0.15, 0.2) is 91.0 Å². The van der Waals surface area contributed by atoms with E-state index in [1.165, 1.54) is 6.08 Å². The summed E-state index contributed by atoms with van der Waals surface area (Å²) in [6, 6.07) is 22.4. The normalized spacial score (nSPS) is 12.0. The van der Waals surface area contributed by atoms with E-state index in [1.54, 1.807) is 84.9 Å². The van der Waals surface area contributed by atoms with Gasteiger partial charge in [-0.3, -0.25) is 14.9 Å². The summed E-state index contributed by atoms with van der Waals surface area (Å²) < 4.78 is 11.4. The largest absolute Gasteiger partial charge is 0.491 e. The summed E-state index contributed by atoms with van der Waals surface area (Å²) in [7, 11) is 0. The molecular weight excluding hydrogens is 510 g/mol. The number of amides is 3. The third kappa shape index (κ3) is 8.99. The third-order valence-corrected chi connectivity index (χ3v) is 6.15. The van der Waals surface area contributed by atoms with Gasteiger partial charge < -0.3 is 25.6 Å². The van der Waals surface area contributed by atoms with Crippen LogP contribution in [0.1, 0.15) is 48.7 Å².